The molecule has 1 aliphatic heterocycles. The third-order valence-electron chi connectivity index (χ3n) is 4.93. The van der Waals surface area contributed by atoms with Gasteiger partial charge < -0.3 is 15.0 Å². The van der Waals surface area contributed by atoms with Gasteiger partial charge >= 0.3 is 12.4 Å². The molecule has 3 rings (SSSR count). The second-order valence-corrected chi connectivity index (χ2v) is 7.26. The zero-order chi connectivity index (χ0) is 20.4. The average Bonchev–Trinajstić information content (AvgIpc) is 3.19. The maximum Gasteiger partial charge on any atom is 0.573 e. The Balaban J connectivity index is 1.62. The van der Waals surface area contributed by atoms with E-state index in [9.17, 15) is 18.0 Å². The fourth-order valence-electron chi connectivity index (χ4n) is 3.62. The first-order valence-electron chi connectivity index (χ1n) is 9.03. The van der Waals surface area contributed by atoms with E-state index in [-0.39, 0.29) is 11.8 Å². The molecule has 0 radical (unpaired) electrons. The maximum absolute atomic E-state index is 12.7. The van der Waals surface area contributed by atoms with Crippen LogP contribution in [0.2, 0.25) is 0 Å². The first-order chi connectivity index (χ1) is 13.1. The highest BCUT2D eigenvalue weighted by molar-refractivity contribution is 5.75. The number of hydrogen-bond acceptors (Lipinski definition) is 3. The van der Waals surface area contributed by atoms with E-state index in [0.717, 1.165) is 24.1 Å². The van der Waals surface area contributed by atoms with Crippen LogP contribution in [0.25, 0.3) is 0 Å². The monoisotopic (exact) mass is 396 g/mol. The summed E-state index contributed by atoms with van der Waals surface area (Å²) in [6.45, 7) is 2.98. The molecule has 1 atom stereocenters. The highest BCUT2D eigenvalue weighted by Gasteiger charge is 2.39. The Morgan fingerprint density at radius 1 is 1.29 bits per heavy atom. The Hall–Kier alpha value is -2.71. The van der Waals surface area contributed by atoms with Crippen LogP contribution >= 0.6 is 0 Å². The summed E-state index contributed by atoms with van der Waals surface area (Å²) in [6.07, 6.45) is -0.640. The van der Waals surface area contributed by atoms with Crippen LogP contribution < -0.4 is 10.1 Å². The molecule has 2 aromatic rings. The third kappa shape index (κ3) is 4.96. The van der Waals surface area contributed by atoms with Gasteiger partial charge in [-0.3, -0.25) is 4.68 Å². The van der Waals surface area contributed by atoms with Gasteiger partial charge in [0.2, 0.25) is 0 Å². The summed E-state index contributed by atoms with van der Waals surface area (Å²) in [6, 6.07) is 7.49. The van der Waals surface area contributed by atoms with Crippen LogP contribution in [-0.4, -0.2) is 39.2 Å². The van der Waals surface area contributed by atoms with Gasteiger partial charge in [0.25, 0.3) is 0 Å². The maximum atomic E-state index is 12.7. The Morgan fingerprint density at radius 2 is 2.00 bits per heavy atom. The highest BCUT2D eigenvalue weighted by Crippen LogP contribution is 2.33. The summed E-state index contributed by atoms with van der Waals surface area (Å²) in [5.74, 6) is -0.252. The largest absolute Gasteiger partial charge is 0.573 e. The number of carbonyl (C=O) groups is 1. The van der Waals surface area contributed by atoms with Crippen molar-refractivity contribution < 1.29 is 22.7 Å². The Labute approximate surface area is 161 Å². The predicted molar refractivity (Wildman–Crippen MR) is 96.6 cm³/mol. The van der Waals surface area contributed by atoms with Crippen molar-refractivity contribution in [2.45, 2.75) is 44.6 Å². The van der Waals surface area contributed by atoms with E-state index in [2.05, 4.69) is 15.2 Å². The van der Waals surface area contributed by atoms with Gasteiger partial charge in [0.1, 0.15) is 5.75 Å². The van der Waals surface area contributed by atoms with Crippen molar-refractivity contribution in [1.82, 2.24) is 20.0 Å². The summed E-state index contributed by atoms with van der Waals surface area (Å²) in [4.78, 5) is 14.5. The molecule has 0 aliphatic carbocycles. The Morgan fingerprint density at radius 3 is 2.61 bits per heavy atom. The van der Waals surface area contributed by atoms with Crippen molar-refractivity contribution >= 4 is 6.03 Å². The van der Waals surface area contributed by atoms with Gasteiger partial charge in [0, 0.05) is 25.3 Å². The molecule has 2 amide bonds. The lowest BCUT2D eigenvalue weighted by molar-refractivity contribution is -0.274. The molecule has 0 bridgehead atoms. The smallest absolute Gasteiger partial charge is 0.406 e. The van der Waals surface area contributed by atoms with E-state index in [1.54, 1.807) is 21.7 Å². The molecule has 1 aromatic heterocycles. The molecule has 9 heteroatoms. The number of halogens is 3. The minimum atomic E-state index is -4.71. The molecule has 152 valence electrons. The highest BCUT2D eigenvalue weighted by atomic mass is 19.4. The Kier molecular flexibility index (Phi) is 5.53. The van der Waals surface area contributed by atoms with Gasteiger partial charge in [0.15, 0.2) is 0 Å². The Bertz CT molecular complexity index is 819. The van der Waals surface area contributed by atoms with Crippen molar-refractivity contribution in [3.63, 3.8) is 0 Å². The average molecular weight is 396 g/mol. The number of carbonyl (C=O) groups excluding carboxylic acids is 1. The molecule has 1 aliphatic rings. The van der Waals surface area contributed by atoms with Crippen molar-refractivity contribution in [2.24, 2.45) is 7.05 Å². The number of nitrogens with one attached hydrogen (secondary N) is 1. The lowest BCUT2D eigenvalue weighted by atomic mass is 9.90. The number of rotatable bonds is 5. The topological polar surface area (TPSA) is 59.4 Å². The number of aryl methyl sites for hydroxylation is 1. The standard InChI is InChI=1S/C19H23F3N4O2/c1-18(12-14-4-6-16(7-5-14)28-19(20,21)22)9-3-10-26(18)17(27)23-13-15-8-11-25(2)24-15/h4-8,11H,3,9-10,12-13H2,1-2H3,(H,23,27)/t18-/m1/s1. The van der Waals surface area contributed by atoms with Gasteiger partial charge in [-0.2, -0.15) is 5.10 Å². The van der Waals surface area contributed by atoms with Crippen molar-refractivity contribution in [2.75, 3.05) is 6.54 Å². The first kappa shape index (κ1) is 20.0. The van der Waals surface area contributed by atoms with E-state index in [1.165, 1.54) is 12.1 Å². The number of nitrogens with zero attached hydrogens (tertiary/aromatic N) is 3. The lowest BCUT2D eigenvalue weighted by Crippen LogP contribution is -2.50. The normalized spacial score (nSPS) is 19.7. The molecule has 0 saturated carbocycles. The molecule has 1 aromatic carbocycles. The molecular formula is C19H23F3N4O2. The van der Waals surface area contributed by atoms with E-state index in [1.807, 2.05) is 26.2 Å². The summed E-state index contributed by atoms with van der Waals surface area (Å²) in [7, 11) is 1.81. The molecular weight excluding hydrogens is 373 g/mol. The first-order valence-corrected chi connectivity index (χ1v) is 9.03. The van der Waals surface area contributed by atoms with Crippen LogP contribution in [0.3, 0.4) is 0 Å². The molecule has 1 saturated heterocycles. The quantitative estimate of drug-likeness (QED) is 0.840. The number of hydrogen-bond donors (Lipinski definition) is 1. The van der Waals surface area contributed by atoms with Crippen molar-refractivity contribution in [1.29, 1.82) is 0 Å². The number of benzene rings is 1. The van der Waals surface area contributed by atoms with Crippen LogP contribution in [0.15, 0.2) is 36.5 Å². The molecule has 1 fully saturated rings. The fraction of sp³-hybridized carbons (Fsp3) is 0.474. The molecule has 0 spiro atoms. The number of likely N-dealkylation sites (tertiary alicyclic amines) is 1. The van der Waals surface area contributed by atoms with E-state index >= 15 is 0 Å². The minimum Gasteiger partial charge on any atom is -0.406 e. The van der Waals surface area contributed by atoms with Gasteiger partial charge in [-0.25, -0.2) is 4.79 Å². The lowest BCUT2D eigenvalue weighted by Gasteiger charge is -2.35. The predicted octanol–water partition coefficient (Wildman–Crippen LogP) is 3.63. The van der Waals surface area contributed by atoms with Gasteiger partial charge in [-0.15, -0.1) is 13.2 Å². The zero-order valence-electron chi connectivity index (χ0n) is 15.8. The molecule has 28 heavy (non-hydrogen) atoms. The number of alkyl halides is 3. The second-order valence-electron chi connectivity index (χ2n) is 7.26. The van der Waals surface area contributed by atoms with Gasteiger partial charge in [-0.1, -0.05) is 12.1 Å². The SMILES string of the molecule is Cn1ccc(CNC(=O)N2CCC[C@]2(C)Cc2ccc(OC(F)(F)F)cc2)n1. The summed E-state index contributed by atoms with van der Waals surface area (Å²) >= 11 is 0. The van der Waals surface area contributed by atoms with Crippen LogP contribution in [-0.2, 0) is 20.0 Å². The number of ether oxygens (including phenoxy) is 1. The second kappa shape index (κ2) is 7.73. The summed E-state index contributed by atoms with van der Waals surface area (Å²) in [5, 5.41) is 7.13. The van der Waals surface area contributed by atoms with Crippen LogP contribution in [0, 0.1) is 0 Å². The van der Waals surface area contributed by atoms with Crippen molar-refractivity contribution in [3.8, 4) is 5.75 Å². The number of amides is 2. The molecule has 2 heterocycles. The van der Waals surface area contributed by atoms with Gasteiger partial charge in [-0.05, 0) is 49.9 Å². The number of aromatic nitrogens is 2. The zero-order valence-corrected chi connectivity index (χ0v) is 15.8. The summed E-state index contributed by atoms with van der Waals surface area (Å²) < 4.78 is 42.4. The van der Waals surface area contributed by atoms with E-state index < -0.39 is 11.9 Å². The van der Waals surface area contributed by atoms with Crippen LogP contribution in [0.4, 0.5) is 18.0 Å². The van der Waals surface area contributed by atoms with Gasteiger partial charge in [0.05, 0.1) is 12.2 Å². The minimum absolute atomic E-state index is 0.164. The number of urea groups is 1. The molecule has 6 nitrogen and oxygen atoms in total. The van der Waals surface area contributed by atoms with Crippen LogP contribution in [0.1, 0.15) is 31.0 Å². The van der Waals surface area contributed by atoms with Crippen LogP contribution in [0.5, 0.6) is 5.75 Å². The molecule has 1 N–H and O–H groups in total. The van der Waals surface area contributed by atoms with E-state index in [4.69, 9.17) is 0 Å². The van der Waals surface area contributed by atoms with E-state index in [0.29, 0.717) is 19.5 Å². The van der Waals surface area contributed by atoms with Crippen molar-refractivity contribution in [3.05, 3.63) is 47.8 Å². The fourth-order valence-corrected chi connectivity index (χ4v) is 3.62. The molecule has 0 unspecified atom stereocenters. The summed E-state index contributed by atoms with van der Waals surface area (Å²) in [5.41, 5.74) is 1.22. The third-order valence-corrected chi connectivity index (χ3v) is 4.93.